The first-order chi connectivity index (χ1) is 9.50. The Morgan fingerprint density at radius 1 is 1.35 bits per heavy atom. The Morgan fingerprint density at radius 2 is 2.15 bits per heavy atom. The van der Waals surface area contributed by atoms with Crippen LogP contribution in [0.4, 0.5) is 0 Å². The zero-order valence-corrected chi connectivity index (χ0v) is 13.5. The Kier molecular flexibility index (Phi) is 5.84. The van der Waals surface area contributed by atoms with Crippen LogP contribution in [0.1, 0.15) is 32.1 Å². The number of nitrogens with zero attached hydrogens (tertiary/aromatic N) is 1. The third-order valence-electron chi connectivity index (χ3n) is 4.67. The summed E-state index contributed by atoms with van der Waals surface area (Å²) in [5.41, 5.74) is 0. The molecule has 0 radical (unpaired) electrons. The smallest absolute Gasteiger partial charge is 0.211 e. The van der Waals surface area contributed by atoms with Crippen LogP contribution in [-0.2, 0) is 14.8 Å². The highest BCUT2D eigenvalue weighted by atomic mass is 32.2. The highest BCUT2D eigenvalue weighted by Gasteiger charge is 2.30. The molecule has 0 aromatic heterocycles. The fourth-order valence-corrected chi connectivity index (χ4v) is 4.45. The second-order valence-corrected chi connectivity index (χ2v) is 8.22. The Bertz CT molecular complexity index is 393. The fourth-order valence-electron chi connectivity index (χ4n) is 3.51. The monoisotopic (exact) mass is 304 g/mol. The lowest BCUT2D eigenvalue weighted by Crippen LogP contribution is -2.44. The number of sulfonamides is 1. The molecule has 118 valence electrons. The predicted molar refractivity (Wildman–Crippen MR) is 80.1 cm³/mol. The molecule has 2 fully saturated rings. The van der Waals surface area contributed by atoms with E-state index in [1.807, 2.05) is 7.05 Å². The van der Waals surface area contributed by atoms with Gasteiger partial charge in [-0.25, -0.2) is 12.7 Å². The van der Waals surface area contributed by atoms with E-state index in [0.29, 0.717) is 31.0 Å². The van der Waals surface area contributed by atoms with Crippen molar-refractivity contribution in [3.8, 4) is 0 Å². The topological polar surface area (TPSA) is 58.6 Å². The normalized spacial score (nSPS) is 31.1. The molecule has 3 unspecified atom stereocenters. The number of ether oxygens (including phenoxy) is 1. The van der Waals surface area contributed by atoms with Crippen LogP contribution in [0.15, 0.2) is 0 Å². The van der Waals surface area contributed by atoms with E-state index in [0.717, 1.165) is 38.9 Å². The Balaban J connectivity index is 1.90. The van der Waals surface area contributed by atoms with Crippen molar-refractivity contribution < 1.29 is 13.2 Å². The van der Waals surface area contributed by atoms with E-state index in [9.17, 15) is 8.42 Å². The summed E-state index contributed by atoms with van der Waals surface area (Å²) in [5, 5.41) is 3.42. The largest absolute Gasteiger partial charge is 0.381 e. The first kappa shape index (κ1) is 16.2. The lowest BCUT2D eigenvalue weighted by atomic mass is 9.84. The van der Waals surface area contributed by atoms with Crippen molar-refractivity contribution >= 4 is 10.0 Å². The molecule has 0 amide bonds. The van der Waals surface area contributed by atoms with Crippen LogP contribution in [0.2, 0.25) is 0 Å². The molecule has 0 saturated carbocycles. The second-order valence-electron chi connectivity index (χ2n) is 6.24. The predicted octanol–water partition coefficient (Wildman–Crippen LogP) is 1.06. The van der Waals surface area contributed by atoms with E-state index in [4.69, 9.17) is 4.74 Å². The molecule has 0 bridgehead atoms. The molecule has 2 rings (SSSR count). The molecule has 2 saturated heterocycles. The van der Waals surface area contributed by atoms with Gasteiger partial charge in [0.1, 0.15) is 0 Å². The summed E-state index contributed by atoms with van der Waals surface area (Å²) in [7, 11) is -1.03. The maximum Gasteiger partial charge on any atom is 0.211 e. The molecule has 2 aliphatic heterocycles. The van der Waals surface area contributed by atoms with E-state index >= 15 is 0 Å². The van der Waals surface area contributed by atoms with Crippen molar-refractivity contribution in [1.29, 1.82) is 0 Å². The third-order valence-corrected chi connectivity index (χ3v) is 5.94. The fraction of sp³-hybridized carbons (Fsp3) is 1.00. The number of rotatable bonds is 5. The SMILES string of the molecule is CNC(CC1CCCN(S(C)(=O)=O)C1)C1CCCOC1. The van der Waals surface area contributed by atoms with Gasteiger partial charge in [-0.15, -0.1) is 0 Å². The molecule has 5 nitrogen and oxygen atoms in total. The van der Waals surface area contributed by atoms with Gasteiger partial charge >= 0.3 is 0 Å². The molecule has 6 heteroatoms. The summed E-state index contributed by atoms with van der Waals surface area (Å²) in [6.07, 6.45) is 6.85. The highest BCUT2D eigenvalue weighted by Crippen LogP contribution is 2.27. The van der Waals surface area contributed by atoms with Crippen LogP contribution in [0.5, 0.6) is 0 Å². The lowest BCUT2D eigenvalue weighted by molar-refractivity contribution is 0.0348. The molecular formula is C14H28N2O3S. The van der Waals surface area contributed by atoms with Gasteiger partial charge in [0, 0.05) is 25.7 Å². The maximum absolute atomic E-state index is 11.7. The van der Waals surface area contributed by atoms with Crippen LogP contribution in [0, 0.1) is 11.8 Å². The minimum Gasteiger partial charge on any atom is -0.381 e. The van der Waals surface area contributed by atoms with Crippen LogP contribution in [0.25, 0.3) is 0 Å². The van der Waals surface area contributed by atoms with Gasteiger partial charge in [-0.2, -0.15) is 0 Å². The Labute approximate surface area is 123 Å². The van der Waals surface area contributed by atoms with E-state index in [1.165, 1.54) is 12.7 Å². The molecular weight excluding hydrogens is 276 g/mol. The highest BCUT2D eigenvalue weighted by molar-refractivity contribution is 7.88. The standard InChI is InChI=1S/C14H28N2O3S/c1-15-14(13-6-4-8-19-11-13)9-12-5-3-7-16(10-12)20(2,17)18/h12-15H,3-11H2,1-2H3. The van der Waals surface area contributed by atoms with Crippen LogP contribution in [-0.4, -0.2) is 58.4 Å². The maximum atomic E-state index is 11.7. The summed E-state index contributed by atoms with van der Waals surface area (Å²) >= 11 is 0. The van der Waals surface area contributed by atoms with E-state index in [-0.39, 0.29) is 0 Å². The van der Waals surface area contributed by atoms with Gasteiger partial charge in [-0.1, -0.05) is 0 Å². The van der Waals surface area contributed by atoms with Crippen molar-refractivity contribution in [3.05, 3.63) is 0 Å². The van der Waals surface area contributed by atoms with Crippen molar-refractivity contribution in [2.75, 3.05) is 39.6 Å². The van der Waals surface area contributed by atoms with Gasteiger partial charge in [-0.3, -0.25) is 0 Å². The van der Waals surface area contributed by atoms with Crippen LogP contribution < -0.4 is 5.32 Å². The minimum absolute atomic E-state index is 0.444. The molecule has 2 heterocycles. The van der Waals surface area contributed by atoms with Gasteiger partial charge in [0.05, 0.1) is 12.9 Å². The average Bonchev–Trinajstić information content (AvgIpc) is 2.45. The number of hydrogen-bond acceptors (Lipinski definition) is 4. The molecule has 1 N–H and O–H groups in total. The molecule has 20 heavy (non-hydrogen) atoms. The molecule has 2 aliphatic rings. The van der Waals surface area contributed by atoms with E-state index in [1.54, 1.807) is 4.31 Å². The summed E-state index contributed by atoms with van der Waals surface area (Å²) in [6, 6.07) is 0.444. The number of hydrogen-bond donors (Lipinski definition) is 1. The van der Waals surface area contributed by atoms with Gasteiger partial charge in [0.25, 0.3) is 0 Å². The third kappa shape index (κ3) is 4.41. The Morgan fingerprint density at radius 3 is 2.75 bits per heavy atom. The van der Waals surface area contributed by atoms with Crippen LogP contribution >= 0.6 is 0 Å². The summed E-state index contributed by atoms with van der Waals surface area (Å²) in [6.45, 7) is 3.10. The quantitative estimate of drug-likeness (QED) is 0.825. The summed E-state index contributed by atoms with van der Waals surface area (Å²) < 4.78 is 30.6. The zero-order valence-electron chi connectivity index (χ0n) is 12.7. The van der Waals surface area contributed by atoms with Crippen molar-refractivity contribution in [1.82, 2.24) is 9.62 Å². The van der Waals surface area contributed by atoms with Gasteiger partial charge in [0.15, 0.2) is 0 Å². The van der Waals surface area contributed by atoms with Crippen molar-refractivity contribution in [2.24, 2.45) is 11.8 Å². The van der Waals surface area contributed by atoms with Crippen molar-refractivity contribution in [3.63, 3.8) is 0 Å². The van der Waals surface area contributed by atoms with Crippen molar-refractivity contribution in [2.45, 2.75) is 38.1 Å². The minimum atomic E-state index is -3.04. The van der Waals surface area contributed by atoms with E-state index < -0.39 is 10.0 Å². The van der Waals surface area contributed by atoms with Gasteiger partial charge in [0.2, 0.25) is 10.0 Å². The molecule has 3 atom stereocenters. The molecule has 0 aromatic rings. The molecule has 0 aromatic carbocycles. The second kappa shape index (κ2) is 7.20. The molecule has 0 spiro atoms. The summed E-state index contributed by atoms with van der Waals surface area (Å²) in [4.78, 5) is 0. The van der Waals surface area contributed by atoms with E-state index in [2.05, 4.69) is 5.32 Å². The number of nitrogens with one attached hydrogen (secondary N) is 1. The van der Waals surface area contributed by atoms with Gasteiger partial charge < -0.3 is 10.1 Å². The first-order valence-electron chi connectivity index (χ1n) is 7.71. The first-order valence-corrected chi connectivity index (χ1v) is 9.55. The van der Waals surface area contributed by atoms with Gasteiger partial charge in [-0.05, 0) is 51.0 Å². The Hall–Kier alpha value is -0.170. The number of piperidine rings is 1. The zero-order chi connectivity index (χ0) is 14.6. The lowest BCUT2D eigenvalue weighted by Gasteiger charge is -2.36. The van der Waals surface area contributed by atoms with Crippen LogP contribution in [0.3, 0.4) is 0 Å². The molecule has 0 aliphatic carbocycles. The summed E-state index contributed by atoms with van der Waals surface area (Å²) in [5.74, 6) is 1.04. The average molecular weight is 304 g/mol.